The fourth-order valence-corrected chi connectivity index (χ4v) is 1.12. The van der Waals surface area contributed by atoms with Crippen molar-refractivity contribution in [2.75, 3.05) is 27.2 Å². The van der Waals surface area contributed by atoms with Crippen molar-refractivity contribution in [2.24, 2.45) is 0 Å². The summed E-state index contributed by atoms with van der Waals surface area (Å²) in [6, 6.07) is 0. The minimum absolute atomic E-state index is 0.126. The Balaban J connectivity index is 3.17. The highest BCUT2D eigenvalue weighted by molar-refractivity contribution is 5.77. The van der Waals surface area contributed by atoms with Gasteiger partial charge in [0.05, 0.1) is 6.54 Å². The number of hydrogen-bond donors (Lipinski definition) is 1. The Morgan fingerprint density at radius 2 is 1.92 bits per heavy atom. The van der Waals surface area contributed by atoms with Gasteiger partial charge >= 0.3 is 0 Å². The van der Waals surface area contributed by atoms with Gasteiger partial charge in [-0.3, -0.25) is 4.79 Å². The van der Waals surface area contributed by atoms with Crippen LogP contribution in [-0.2, 0) is 4.79 Å². The fraction of sp³-hybridized carbons (Fsp3) is 0.900. The van der Waals surface area contributed by atoms with Crippen molar-refractivity contribution in [1.82, 2.24) is 10.2 Å². The van der Waals surface area contributed by atoms with Gasteiger partial charge in [0.25, 0.3) is 0 Å². The van der Waals surface area contributed by atoms with E-state index >= 15 is 0 Å². The molecule has 0 heterocycles. The normalized spacial score (nSPS) is 10.5. The molecule has 13 heavy (non-hydrogen) atoms. The van der Waals surface area contributed by atoms with Gasteiger partial charge < -0.3 is 10.2 Å². The molecule has 0 aromatic heterocycles. The van der Waals surface area contributed by atoms with Crippen LogP contribution in [0.5, 0.6) is 0 Å². The van der Waals surface area contributed by atoms with Crippen LogP contribution in [0.4, 0.5) is 0 Å². The van der Waals surface area contributed by atoms with E-state index in [0.29, 0.717) is 6.54 Å². The SMILES string of the molecule is CCCCCCNC(=O)CN(C)C. The molecule has 0 rings (SSSR count). The number of nitrogens with zero attached hydrogens (tertiary/aromatic N) is 1. The first-order valence-corrected chi connectivity index (χ1v) is 5.08. The second-order valence-corrected chi connectivity index (χ2v) is 3.65. The molecule has 0 spiro atoms. The van der Waals surface area contributed by atoms with Crippen molar-refractivity contribution in [3.63, 3.8) is 0 Å². The summed E-state index contributed by atoms with van der Waals surface area (Å²) in [7, 11) is 3.80. The van der Waals surface area contributed by atoms with E-state index in [1.165, 1.54) is 19.3 Å². The molecule has 0 saturated heterocycles. The van der Waals surface area contributed by atoms with Gasteiger partial charge in [-0.1, -0.05) is 26.2 Å². The lowest BCUT2D eigenvalue weighted by Gasteiger charge is -2.09. The van der Waals surface area contributed by atoms with Gasteiger partial charge in [0, 0.05) is 6.54 Å². The average molecular weight is 186 g/mol. The lowest BCUT2D eigenvalue weighted by molar-refractivity contribution is -0.121. The summed E-state index contributed by atoms with van der Waals surface area (Å²) < 4.78 is 0. The molecule has 0 aromatic carbocycles. The highest BCUT2D eigenvalue weighted by Crippen LogP contribution is 1.96. The van der Waals surface area contributed by atoms with Crippen molar-refractivity contribution in [3.8, 4) is 0 Å². The number of rotatable bonds is 7. The van der Waals surface area contributed by atoms with Crippen LogP contribution in [0.15, 0.2) is 0 Å². The third-order valence-electron chi connectivity index (χ3n) is 1.81. The van der Waals surface area contributed by atoms with Gasteiger partial charge in [0.1, 0.15) is 0 Å². The van der Waals surface area contributed by atoms with Crippen LogP contribution in [0.1, 0.15) is 32.6 Å². The molecule has 0 aliphatic carbocycles. The van der Waals surface area contributed by atoms with Gasteiger partial charge in [-0.2, -0.15) is 0 Å². The Morgan fingerprint density at radius 1 is 1.23 bits per heavy atom. The molecule has 0 aliphatic rings. The van der Waals surface area contributed by atoms with Crippen molar-refractivity contribution in [1.29, 1.82) is 0 Å². The number of amides is 1. The summed E-state index contributed by atoms with van der Waals surface area (Å²) in [5.41, 5.74) is 0. The summed E-state index contributed by atoms with van der Waals surface area (Å²) in [5.74, 6) is 0.126. The first kappa shape index (κ1) is 12.4. The summed E-state index contributed by atoms with van der Waals surface area (Å²) >= 11 is 0. The van der Waals surface area contributed by atoms with E-state index in [2.05, 4.69) is 12.2 Å². The molecule has 0 unspecified atom stereocenters. The van der Waals surface area contributed by atoms with Crippen molar-refractivity contribution in [2.45, 2.75) is 32.6 Å². The number of nitrogens with one attached hydrogen (secondary N) is 1. The molecule has 0 aromatic rings. The zero-order valence-electron chi connectivity index (χ0n) is 9.10. The minimum atomic E-state index is 0.126. The zero-order valence-corrected chi connectivity index (χ0v) is 9.10. The molecule has 0 saturated carbocycles. The molecular weight excluding hydrogens is 164 g/mol. The van der Waals surface area contributed by atoms with Crippen LogP contribution in [0.3, 0.4) is 0 Å². The maximum absolute atomic E-state index is 11.1. The molecule has 0 bridgehead atoms. The molecule has 3 nitrogen and oxygen atoms in total. The first-order valence-electron chi connectivity index (χ1n) is 5.08. The third-order valence-corrected chi connectivity index (χ3v) is 1.81. The Labute approximate surface area is 81.5 Å². The van der Waals surface area contributed by atoms with Crippen LogP contribution in [0.25, 0.3) is 0 Å². The Morgan fingerprint density at radius 3 is 2.46 bits per heavy atom. The van der Waals surface area contributed by atoms with E-state index < -0.39 is 0 Å². The van der Waals surface area contributed by atoms with E-state index in [1.807, 2.05) is 19.0 Å². The number of carbonyl (C=O) groups excluding carboxylic acids is 1. The minimum Gasteiger partial charge on any atom is -0.355 e. The number of unbranched alkanes of at least 4 members (excludes halogenated alkanes) is 3. The molecule has 0 fully saturated rings. The quantitative estimate of drug-likeness (QED) is 0.607. The maximum atomic E-state index is 11.1. The largest absolute Gasteiger partial charge is 0.355 e. The molecule has 3 heteroatoms. The number of likely N-dealkylation sites (N-methyl/N-ethyl adjacent to an activating group) is 1. The fourth-order valence-electron chi connectivity index (χ4n) is 1.12. The number of carbonyl (C=O) groups is 1. The van der Waals surface area contributed by atoms with E-state index in [4.69, 9.17) is 0 Å². The predicted octanol–water partition coefficient (Wildman–Crippen LogP) is 1.24. The summed E-state index contributed by atoms with van der Waals surface area (Å²) in [6.07, 6.45) is 4.83. The molecule has 0 aliphatic heterocycles. The monoisotopic (exact) mass is 186 g/mol. The van der Waals surface area contributed by atoms with Crippen molar-refractivity contribution in [3.05, 3.63) is 0 Å². The Hall–Kier alpha value is -0.570. The molecule has 1 N–H and O–H groups in total. The lowest BCUT2D eigenvalue weighted by atomic mass is 10.2. The number of hydrogen-bond acceptors (Lipinski definition) is 2. The molecule has 0 atom stereocenters. The molecule has 1 amide bonds. The smallest absolute Gasteiger partial charge is 0.234 e. The lowest BCUT2D eigenvalue weighted by Crippen LogP contribution is -2.33. The highest BCUT2D eigenvalue weighted by atomic mass is 16.1. The highest BCUT2D eigenvalue weighted by Gasteiger charge is 2.00. The van der Waals surface area contributed by atoms with E-state index in [0.717, 1.165) is 13.0 Å². The second kappa shape index (κ2) is 8.05. The van der Waals surface area contributed by atoms with Gasteiger partial charge in [-0.15, -0.1) is 0 Å². The van der Waals surface area contributed by atoms with E-state index in [-0.39, 0.29) is 5.91 Å². The molecular formula is C10H22N2O. The maximum Gasteiger partial charge on any atom is 0.234 e. The van der Waals surface area contributed by atoms with Gasteiger partial charge in [-0.25, -0.2) is 0 Å². The van der Waals surface area contributed by atoms with Crippen LogP contribution < -0.4 is 5.32 Å². The van der Waals surface area contributed by atoms with Crippen LogP contribution in [-0.4, -0.2) is 38.0 Å². The summed E-state index contributed by atoms with van der Waals surface area (Å²) in [5, 5.41) is 2.89. The first-order chi connectivity index (χ1) is 6.16. The van der Waals surface area contributed by atoms with E-state index in [1.54, 1.807) is 0 Å². The average Bonchev–Trinajstić information content (AvgIpc) is 2.02. The van der Waals surface area contributed by atoms with E-state index in [9.17, 15) is 4.79 Å². The van der Waals surface area contributed by atoms with Gasteiger partial charge in [-0.05, 0) is 20.5 Å². The summed E-state index contributed by atoms with van der Waals surface area (Å²) in [4.78, 5) is 13.0. The predicted molar refractivity (Wildman–Crippen MR) is 55.7 cm³/mol. The zero-order chi connectivity index (χ0) is 10.1. The van der Waals surface area contributed by atoms with Crippen LogP contribution in [0, 0.1) is 0 Å². The molecule has 0 radical (unpaired) electrons. The Bertz CT molecular complexity index is 135. The Kier molecular flexibility index (Phi) is 7.69. The van der Waals surface area contributed by atoms with Crippen molar-refractivity contribution < 1.29 is 4.79 Å². The van der Waals surface area contributed by atoms with Crippen molar-refractivity contribution >= 4 is 5.91 Å². The topological polar surface area (TPSA) is 32.3 Å². The summed E-state index contributed by atoms with van der Waals surface area (Å²) in [6.45, 7) is 3.51. The van der Waals surface area contributed by atoms with Gasteiger partial charge in [0.15, 0.2) is 0 Å². The molecule has 78 valence electrons. The third kappa shape index (κ3) is 9.34. The second-order valence-electron chi connectivity index (χ2n) is 3.65. The van der Waals surface area contributed by atoms with Crippen LogP contribution >= 0.6 is 0 Å². The standard InChI is InChI=1S/C10H22N2O/c1-4-5-6-7-8-11-10(13)9-12(2)3/h4-9H2,1-3H3,(H,11,13). The van der Waals surface area contributed by atoms with Crippen LogP contribution in [0.2, 0.25) is 0 Å². The van der Waals surface area contributed by atoms with Gasteiger partial charge in [0.2, 0.25) is 5.91 Å².